The highest BCUT2D eigenvalue weighted by Gasteiger charge is 2.02. The summed E-state index contributed by atoms with van der Waals surface area (Å²) < 4.78 is 1.76. The van der Waals surface area contributed by atoms with Crippen molar-refractivity contribution in [1.29, 1.82) is 0 Å². The maximum atomic E-state index is 11.5. The average molecular weight is 228 g/mol. The Labute approximate surface area is 95.9 Å². The SMILES string of the molecule is Cc1ccn(CCC(C)CCCl)c(=O)c1. The molecule has 0 spiro atoms. The molecule has 0 aliphatic carbocycles. The quantitative estimate of drug-likeness (QED) is 0.709. The summed E-state index contributed by atoms with van der Waals surface area (Å²) in [6.07, 6.45) is 3.89. The van der Waals surface area contributed by atoms with Crippen LogP contribution in [0.25, 0.3) is 0 Å². The van der Waals surface area contributed by atoms with E-state index in [-0.39, 0.29) is 5.56 Å². The second-order valence-corrected chi connectivity index (χ2v) is 4.49. The minimum atomic E-state index is 0.0908. The number of aryl methyl sites for hydroxylation is 2. The fourth-order valence-corrected chi connectivity index (χ4v) is 1.85. The molecule has 1 rings (SSSR count). The molecule has 0 fully saturated rings. The molecule has 1 aromatic rings. The molecule has 0 saturated heterocycles. The summed E-state index contributed by atoms with van der Waals surface area (Å²) in [6, 6.07) is 3.64. The Hall–Kier alpha value is -0.760. The van der Waals surface area contributed by atoms with E-state index in [1.54, 1.807) is 10.6 Å². The summed E-state index contributed by atoms with van der Waals surface area (Å²) >= 11 is 5.66. The van der Waals surface area contributed by atoms with Crippen LogP contribution in [0.5, 0.6) is 0 Å². The van der Waals surface area contributed by atoms with Gasteiger partial charge in [0.15, 0.2) is 0 Å². The lowest BCUT2D eigenvalue weighted by molar-refractivity contribution is 0.464. The van der Waals surface area contributed by atoms with Gasteiger partial charge in [-0.2, -0.15) is 0 Å². The fraction of sp³-hybridized carbons (Fsp3) is 0.583. The van der Waals surface area contributed by atoms with Gasteiger partial charge in [-0.05, 0) is 37.3 Å². The average Bonchev–Trinajstić information content (AvgIpc) is 2.17. The lowest BCUT2D eigenvalue weighted by Gasteiger charge is -2.10. The first-order chi connectivity index (χ1) is 7.13. The number of nitrogens with zero attached hydrogens (tertiary/aromatic N) is 1. The molecule has 0 aliphatic heterocycles. The van der Waals surface area contributed by atoms with Gasteiger partial charge in [-0.3, -0.25) is 4.79 Å². The predicted molar refractivity (Wildman–Crippen MR) is 64.6 cm³/mol. The van der Waals surface area contributed by atoms with Crippen molar-refractivity contribution in [2.75, 3.05) is 5.88 Å². The molecule has 0 bridgehead atoms. The molecular formula is C12H18ClNO. The van der Waals surface area contributed by atoms with Crippen LogP contribution in [0.1, 0.15) is 25.3 Å². The third-order valence-electron chi connectivity index (χ3n) is 2.62. The van der Waals surface area contributed by atoms with E-state index >= 15 is 0 Å². The molecule has 3 heteroatoms. The molecule has 84 valence electrons. The van der Waals surface area contributed by atoms with Crippen molar-refractivity contribution >= 4 is 11.6 Å². The molecule has 1 heterocycles. The maximum absolute atomic E-state index is 11.5. The molecule has 1 unspecified atom stereocenters. The second-order valence-electron chi connectivity index (χ2n) is 4.11. The van der Waals surface area contributed by atoms with Crippen molar-refractivity contribution in [3.8, 4) is 0 Å². The highest BCUT2D eigenvalue weighted by molar-refractivity contribution is 6.17. The molecule has 0 radical (unpaired) electrons. The largest absolute Gasteiger partial charge is 0.316 e. The van der Waals surface area contributed by atoms with E-state index in [1.165, 1.54) is 0 Å². The first-order valence-electron chi connectivity index (χ1n) is 5.36. The molecule has 1 atom stereocenters. The minimum absolute atomic E-state index is 0.0908. The molecule has 0 aromatic carbocycles. The van der Waals surface area contributed by atoms with E-state index in [1.807, 2.05) is 19.2 Å². The van der Waals surface area contributed by atoms with Crippen LogP contribution in [0, 0.1) is 12.8 Å². The van der Waals surface area contributed by atoms with E-state index in [0.717, 1.165) is 24.9 Å². The van der Waals surface area contributed by atoms with Gasteiger partial charge in [-0.15, -0.1) is 11.6 Å². The van der Waals surface area contributed by atoms with Crippen LogP contribution in [0.2, 0.25) is 0 Å². The lowest BCUT2D eigenvalue weighted by atomic mass is 10.1. The maximum Gasteiger partial charge on any atom is 0.250 e. The van der Waals surface area contributed by atoms with Crippen molar-refractivity contribution < 1.29 is 0 Å². The number of hydrogen-bond acceptors (Lipinski definition) is 1. The van der Waals surface area contributed by atoms with Crippen LogP contribution in [0.15, 0.2) is 23.1 Å². The summed E-state index contributed by atoms with van der Waals surface area (Å²) in [5, 5.41) is 0. The van der Waals surface area contributed by atoms with Crippen LogP contribution < -0.4 is 5.56 Å². The van der Waals surface area contributed by atoms with Gasteiger partial charge in [0.2, 0.25) is 0 Å². The van der Waals surface area contributed by atoms with Crippen LogP contribution in [0.4, 0.5) is 0 Å². The van der Waals surface area contributed by atoms with Crippen LogP contribution in [-0.2, 0) is 6.54 Å². The fourth-order valence-electron chi connectivity index (χ4n) is 1.48. The smallest absolute Gasteiger partial charge is 0.250 e. The number of hydrogen-bond donors (Lipinski definition) is 0. The monoisotopic (exact) mass is 227 g/mol. The topological polar surface area (TPSA) is 22.0 Å². The van der Waals surface area contributed by atoms with Gasteiger partial charge in [0.05, 0.1) is 0 Å². The lowest BCUT2D eigenvalue weighted by Crippen LogP contribution is -2.19. The summed E-state index contributed by atoms with van der Waals surface area (Å²) in [6.45, 7) is 4.89. The Kier molecular flexibility index (Phi) is 4.89. The minimum Gasteiger partial charge on any atom is -0.316 e. The Morgan fingerprint density at radius 1 is 1.47 bits per heavy atom. The van der Waals surface area contributed by atoms with Crippen molar-refractivity contribution in [1.82, 2.24) is 4.57 Å². The number of halogens is 1. The van der Waals surface area contributed by atoms with Crippen molar-refractivity contribution in [2.45, 2.75) is 33.2 Å². The highest BCUT2D eigenvalue weighted by atomic mass is 35.5. The molecule has 15 heavy (non-hydrogen) atoms. The number of aromatic nitrogens is 1. The second kappa shape index (κ2) is 5.96. The van der Waals surface area contributed by atoms with E-state index in [0.29, 0.717) is 11.8 Å². The first-order valence-corrected chi connectivity index (χ1v) is 5.90. The zero-order chi connectivity index (χ0) is 11.3. The van der Waals surface area contributed by atoms with Crippen LogP contribution >= 0.6 is 11.6 Å². The Morgan fingerprint density at radius 3 is 2.80 bits per heavy atom. The number of pyridine rings is 1. The van der Waals surface area contributed by atoms with Gasteiger partial charge in [0.25, 0.3) is 5.56 Å². The van der Waals surface area contributed by atoms with Crippen molar-refractivity contribution in [2.24, 2.45) is 5.92 Å². The molecule has 0 aliphatic rings. The number of alkyl halides is 1. The molecule has 0 amide bonds. The third-order valence-corrected chi connectivity index (χ3v) is 2.83. The zero-order valence-electron chi connectivity index (χ0n) is 9.37. The third kappa shape index (κ3) is 4.08. The molecule has 2 nitrogen and oxygen atoms in total. The Balaban J connectivity index is 2.54. The molecule has 0 N–H and O–H groups in total. The summed E-state index contributed by atoms with van der Waals surface area (Å²) in [5.74, 6) is 1.28. The highest BCUT2D eigenvalue weighted by Crippen LogP contribution is 2.09. The Morgan fingerprint density at radius 2 is 2.20 bits per heavy atom. The van der Waals surface area contributed by atoms with Crippen LogP contribution in [-0.4, -0.2) is 10.4 Å². The van der Waals surface area contributed by atoms with Gasteiger partial charge in [0.1, 0.15) is 0 Å². The standard InChI is InChI=1S/C12H18ClNO/c1-10(3-6-13)4-7-14-8-5-11(2)9-12(14)15/h5,8-10H,3-4,6-7H2,1-2H3. The molecule has 1 aromatic heterocycles. The number of rotatable bonds is 5. The normalized spacial score (nSPS) is 12.7. The van der Waals surface area contributed by atoms with Gasteiger partial charge in [-0.1, -0.05) is 6.92 Å². The van der Waals surface area contributed by atoms with Crippen molar-refractivity contribution in [3.05, 3.63) is 34.2 Å². The summed E-state index contributed by atoms with van der Waals surface area (Å²) in [5.41, 5.74) is 1.11. The first kappa shape index (κ1) is 12.3. The van der Waals surface area contributed by atoms with Gasteiger partial charge >= 0.3 is 0 Å². The predicted octanol–water partition coefficient (Wildman–Crippen LogP) is 2.81. The Bertz CT molecular complexity index is 359. The van der Waals surface area contributed by atoms with Crippen LogP contribution in [0.3, 0.4) is 0 Å². The van der Waals surface area contributed by atoms with Gasteiger partial charge < -0.3 is 4.57 Å². The van der Waals surface area contributed by atoms with Gasteiger partial charge in [-0.25, -0.2) is 0 Å². The summed E-state index contributed by atoms with van der Waals surface area (Å²) in [7, 11) is 0. The van der Waals surface area contributed by atoms with E-state index < -0.39 is 0 Å². The van der Waals surface area contributed by atoms with E-state index in [9.17, 15) is 4.79 Å². The molecule has 0 saturated carbocycles. The van der Waals surface area contributed by atoms with E-state index in [4.69, 9.17) is 11.6 Å². The van der Waals surface area contributed by atoms with Gasteiger partial charge in [0, 0.05) is 24.7 Å². The van der Waals surface area contributed by atoms with Crippen molar-refractivity contribution in [3.63, 3.8) is 0 Å². The van der Waals surface area contributed by atoms with E-state index in [2.05, 4.69) is 6.92 Å². The summed E-state index contributed by atoms with van der Waals surface area (Å²) in [4.78, 5) is 11.5. The zero-order valence-corrected chi connectivity index (χ0v) is 10.1. The molecular weight excluding hydrogens is 210 g/mol.